The van der Waals surface area contributed by atoms with Gasteiger partial charge in [-0.3, -0.25) is 0 Å². The summed E-state index contributed by atoms with van der Waals surface area (Å²) >= 11 is 0. The summed E-state index contributed by atoms with van der Waals surface area (Å²) in [4.78, 5) is 0. The molecule has 24 heavy (non-hydrogen) atoms. The van der Waals surface area contributed by atoms with Crippen LogP contribution in [0.2, 0.25) is 0 Å². The second kappa shape index (κ2) is 2.42. The average Bonchev–Trinajstić information content (AvgIpc) is 3.22. The Bertz CT molecular complexity index is 722. The first-order valence-corrected chi connectivity index (χ1v) is 11.3. The maximum absolute atomic E-state index is 9.46. The predicted molar refractivity (Wildman–Crippen MR) is 83.6 cm³/mol. The minimum absolute atomic E-state index is 0.730. The minimum Gasteiger partial charge on any atom is -0.198 e. The fourth-order valence-corrected chi connectivity index (χ4v) is 16.5. The molecule has 0 aliphatic heterocycles. The highest BCUT2D eigenvalue weighted by Crippen LogP contribution is 3.04. The van der Waals surface area contributed by atoms with E-state index in [1.54, 1.807) is 0 Å². The summed E-state index contributed by atoms with van der Waals surface area (Å²) in [6.07, 6.45) is 2.24. The van der Waals surface area contributed by atoms with Crippen LogP contribution in [0.4, 0.5) is 0 Å². The maximum atomic E-state index is 9.46. The van der Waals surface area contributed by atoms with Crippen molar-refractivity contribution < 1.29 is 0 Å². The third-order valence-electron chi connectivity index (χ3n) is 14.4. The number of hydrogen-bond acceptors (Lipinski definition) is 1. The summed E-state index contributed by atoms with van der Waals surface area (Å²) in [5, 5.41) is 9.46. The summed E-state index contributed by atoms with van der Waals surface area (Å²) < 4.78 is 0. The zero-order chi connectivity index (χ0) is 14.6. The Morgan fingerprint density at radius 2 is 0.792 bits per heavy atom. The molecule has 0 amide bonds. The SMILES string of the molecule is N#CCCC12C3[C@@H]4[C@@H]5C6C7C8[C@@H]5[C@@H]3[C@H]3C1[C@H]1[C@@H](C7[C@@H]5[C@@H]6[C@@H]4C2[C@@H]51)[C@H]83. The first kappa shape index (κ1) is 10.6. The lowest BCUT2D eigenvalue weighted by Crippen LogP contribution is -2.35. The number of rotatable bonds is 2. The molecule has 12 fully saturated rings. The molecular weight excluding hydrogens is 290 g/mol. The van der Waals surface area contributed by atoms with Crippen LogP contribution < -0.4 is 0 Å². The number of nitrogens with zero attached hydrogens (tertiary/aromatic N) is 1. The molecule has 0 aromatic heterocycles. The van der Waals surface area contributed by atoms with Crippen LogP contribution in [0.25, 0.3) is 0 Å². The van der Waals surface area contributed by atoms with Gasteiger partial charge < -0.3 is 0 Å². The quantitative estimate of drug-likeness (QED) is 0.768. The van der Waals surface area contributed by atoms with Gasteiger partial charge in [-0.2, -0.15) is 5.26 Å². The van der Waals surface area contributed by atoms with Gasteiger partial charge in [-0.15, -0.1) is 0 Å². The summed E-state index contributed by atoms with van der Waals surface area (Å²) in [5.74, 6) is 23.0. The Labute approximate surface area is 142 Å². The van der Waals surface area contributed by atoms with Crippen LogP contribution in [-0.4, -0.2) is 0 Å². The van der Waals surface area contributed by atoms with E-state index in [1.165, 1.54) is 101 Å². The van der Waals surface area contributed by atoms with Gasteiger partial charge in [-0.05, 0) is 124 Å². The summed E-state index contributed by atoms with van der Waals surface area (Å²) in [7, 11) is 0. The highest BCUT2D eigenvalue weighted by Gasteiger charge is 3.01. The molecule has 0 N–H and O–H groups in total. The van der Waals surface area contributed by atoms with E-state index < -0.39 is 0 Å². The fraction of sp³-hybridized carbons (Fsp3) is 0.957. The van der Waals surface area contributed by atoms with E-state index >= 15 is 0 Å². The topological polar surface area (TPSA) is 23.8 Å². The number of hydrogen-bond donors (Lipinski definition) is 0. The van der Waals surface area contributed by atoms with E-state index in [0.717, 1.165) is 29.6 Å². The normalized spacial score (nSPS) is 94.7. The average molecular weight is 313 g/mol. The third kappa shape index (κ3) is 0.530. The fourth-order valence-electron chi connectivity index (χ4n) is 16.5. The molecule has 0 aromatic carbocycles. The molecule has 12 rings (SSSR count). The maximum Gasteiger partial charge on any atom is 0.0621 e. The molecule has 12 aliphatic rings. The second-order valence-electron chi connectivity index (χ2n) is 12.6. The van der Waals surface area contributed by atoms with Crippen molar-refractivity contribution in [3.63, 3.8) is 0 Å². The standard InChI is InChI=1S/C23H23N/c24-3-1-2-23-20-14-8-5-4-6-10(8)16(20)18-12(6)13-7(4)11-9(5)15(14)21(23)17(11)19(13)22(18)23/h4-22H,1-2H2/t4?,5?,6?,7?,8-,9-,10-,11+,12+,13+,14-,15+,16-,17+,18-,19-,20?,21?,22?,23?/m0/s1. The minimum atomic E-state index is 0.730. The largest absolute Gasteiger partial charge is 0.198 e. The summed E-state index contributed by atoms with van der Waals surface area (Å²) in [6.45, 7) is 0. The molecule has 20 atom stereocenters. The number of nitriles is 1. The van der Waals surface area contributed by atoms with E-state index in [9.17, 15) is 5.26 Å². The van der Waals surface area contributed by atoms with E-state index in [0.29, 0.717) is 0 Å². The van der Waals surface area contributed by atoms with E-state index in [2.05, 4.69) is 6.07 Å². The Kier molecular flexibility index (Phi) is 1.07. The Morgan fingerprint density at radius 3 is 1.08 bits per heavy atom. The predicted octanol–water partition coefficient (Wildman–Crippen LogP) is 3.13. The molecular formula is C23H23N. The van der Waals surface area contributed by atoms with Gasteiger partial charge in [0, 0.05) is 6.42 Å². The van der Waals surface area contributed by atoms with Gasteiger partial charge in [-0.25, -0.2) is 0 Å². The van der Waals surface area contributed by atoms with Crippen molar-refractivity contribution in [3.8, 4) is 6.07 Å². The molecule has 0 bridgehead atoms. The lowest BCUT2D eigenvalue weighted by molar-refractivity contribution is 0.0743. The molecule has 1 heteroatoms. The Hall–Kier alpha value is -0.510. The van der Waals surface area contributed by atoms with Gasteiger partial charge in [0.25, 0.3) is 0 Å². The summed E-state index contributed by atoms with van der Waals surface area (Å²) in [5.41, 5.74) is 0.730. The van der Waals surface area contributed by atoms with Gasteiger partial charge in [0.15, 0.2) is 0 Å². The van der Waals surface area contributed by atoms with Crippen molar-refractivity contribution in [2.75, 3.05) is 0 Å². The molecule has 12 saturated carbocycles. The van der Waals surface area contributed by atoms with Gasteiger partial charge in [-0.1, -0.05) is 0 Å². The molecule has 0 radical (unpaired) electrons. The zero-order valence-electron chi connectivity index (χ0n) is 13.8. The van der Waals surface area contributed by atoms with Crippen molar-refractivity contribution >= 4 is 0 Å². The third-order valence-corrected chi connectivity index (χ3v) is 14.4. The van der Waals surface area contributed by atoms with Crippen LogP contribution in [-0.2, 0) is 0 Å². The van der Waals surface area contributed by atoms with Gasteiger partial charge in [0.1, 0.15) is 0 Å². The highest BCUT2D eigenvalue weighted by molar-refractivity contribution is 5.47. The van der Waals surface area contributed by atoms with Crippen LogP contribution in [0, 0.1) is 129 Å². The zero-order valence-corrected chi connectivity index (χ0v) is 13.8. The van der Waals surface area contributed by atoms with E-state index in [4.69, 9.17) is 0 Å². The first-order valence-electron chi connectivity index (χ1n) is 11.3. The van der Waals surface area contributed by atoms with E-state index in [1.807, 2.05) is 0 Å². The molecule has 0 spiro atoms. The molecule has 120 valence electrons. The monoisotopic (exact) mass is 313 g/mol. The molecule has 12 aliphatic carbocycles. The van der Waals surface area contributed by atoms with Crippen LogP contribution in [0.1, 0.15) is 12.8 Å². The van der Waals surface area contributed by atoms with Crippen LogP contribution in [0.15, 0.2) is 0 Å². The molecule has 0 heterocycles. The van der Waals surface area contributed by atoms with Crippen molar-refractivity contribution in [1.82, 2.24) is 0 Å². The first-order chi connectivity index (χ1) is 11.9. The van der Waals surface area contributed by atoms with Crippen molar-refractivity contribution in [1.29, 1.82) is 5.26 Å². The van der Waals surface area contributed by atoms with Gasteiger partial charge >= 0.3 is 0 Å². The van der Waals surface area contributed by atoms with Crippen molar-refractivity contribution in [2.24, 2.45) is 118 Å². The van der Waals surface area contributed by atoms with Crippen LogP contribution >= 0.6 is 0 Å². The van der Waals surface area contributed by atoms with Crippen molar-refractivity contribution in [3.05, 3.63) is 0 Å². The lowest BCUT2D eigenvalue weighted by atomic mass is 9.64. The smallest absolute Gasteiger partial charge is 0.0621 e. The van der Waals surface area contributed by atoms with Gasteiger partial charge in [0.05, 0.1) is 6.07 Å². The lowest BCUT2D eigenvalue weighted by Gasteiger charge is -2.39. The Morgan fingerprint density at radius 1 is 0.500 bits per heavy atom. The molecule has 1 nitrogen and oxygen atoms in total. The van der Waals surface area contributed by atoms with Crippen molar-refractivity contribution in [2.45, 2.75) is 12.8 Å². The van der Waals surface area contributed by atoms with Gasteiger partial charge in [0.2, 0.25) is 0 Å². The molecule has 0 saturated heterocycles. The molecule has 0 aromatic rings. The van der Waals surface area contributed by atoms with E-state index in [-0.39, 0.29) is 0 Å². The van der Waals surface area contributed by atoms with Crippen LogP contribution in [0.5, 0.6) is 0 Å². The summed E-state index contributed by atoms with van der Waals surface area (Å²) in [6, 6.07) is 2.61. The van der Waals surface area contributed by atoms with Crippen LogP contribution in [0.3, 0.4) is 0 Å². The second-order valence-corrected chi connectivity index (χ2v) is 12.6. The highest BCUT2D eigenvalue weighted by atomic mass is 15.1. The molecule has 8 unspecified atom stereocenters. The Balaban J connectivity index is 1.36.